The molecule has 0 amide bonds. The minimum Gasteiger partial charge on any atom is -0.323 e. The third-order valence-corrected chi connectivity index (χ3v) is 4.90. The molecular formula is C16H25N3. The fraction of sp³-hybridized carbons (Fsp3) is 0.625. The maximum Gasteiger partial charge on any atom is 0.0456 e. The lowest BCUT2D eigenvalue weighted by Gasteiger charge is -2.44. The minimum absolute atomic E-state index is 0.177. The highest BCUT2D eigenvalue weighted by molar-refractivity contribution is 5.36. The molecule has 1 aliphatic heterocycles. The van der Waals surface area contributed by atoms with Crippen molar-refractivity contribution in [3.63, 3.8) is 0 Å². The summed E-state index contributed by atoms with van der Waals surface area (Å²) in [4.78, 5) is 5.01. The monoisotopic (exact) mass is 259 g/mol. The molecule has 2 aliphatic rings. The maximum atomic E-state index is 6.56. The van der Waals surface area contributed by atoms with Crippen molar-refractivity contribution in [1.82, 2.24) is 9.80 Å². The van der Waals surface area contributed by atoms with E-state index < -0.39 is 0 Å². The predicted molar refractivity (Wildman–Crippen MR) is 79.3 cm³/mol. The number of rotatable bonds is 1. The Bertz CT molecular complexity index is 437. The van der Waals surface area contributed by atoms with E-state index >= 15 is 0 Å². The van der Waals surface area contributed by atoms with Crippen LogP contribution in [0.5, 0.6) is 0 Å². The van der Waals surface area contributed by atoms with Gasteiger partial charge in [-0.2, -0.15) is 0 Å². The normalized spacial score (nSPS) is 33.1. The summed E-state index contributed by atoms with van der Waals surface area (Å²) in [6.07, 6.45) is 1.20. The Hall–Kier alpha value is -0.900. The summed E-state index contributed by atoms with van der Waals surface area (Å²) in [5.41, 5.74) is 9.39. The molecule has 0 saturated carbocycles. The van der Waals surface area contributed by atoms with Crippen LogP contribution in [0.2, 0.25) is 0 Å². The molecule has 1 saturated heterocycles. The minimum atomic E-state index is 0.177. The topological polar surface area (TPSA) is 32.5 Å². The first-order valence-corrected chi connectivity index (χ1v) is 7.44. The Morgan fingerprint density at radius 3 is 2.37 bits per heavy atom. The molecule has 1 aliphatic carbocycles. The Morgan fingerprint density at radius 1 is 1.05 bits per heavy atom. The van der Waals surface area contributed by atoms with Crippen molar-refractivity contribution >= 4 is 0 Å². The van der Waals surface area contributed by atoms with E-state index in [1.165, 1.54) is 30.6 Å². The van der Waals surface area contributed by atoms with E-state index in [1.807, 2.05) is 0 Å². The van der Waals surface area contributed by atoms with Crippen molar-refractivity contribution in [3.05, 3.63) is 35.4 Å². The highest BCUT2D eigenvalue weighted by Gasteiger charge is 2.35. The van der Waals surface area contributed by atoms with Gasteiger partial charge >= 0.3 is 0 Å². The zero-order valence-electron chi connectivity index (χ0n) is 12.0. The van der Waals surface area contributed by atoms with Crippen LogP contribution < -0.4 is 5.73 Å². The van der Waals surface area contributed by atoms with Gasteiger partial charge in [0.2, 0.25) is 0 Å². The third-order valence-electron chi connectivity index (χ3n) is 4.90. The first kappa shape index (κ1) is 13.1. The summed E-state index contributed by atoms with van der Waals surface area (Å²) >= 11 is 0. The number of benzene rings is 1. The van der Waals surface area contributed by atoms with E-state index in [4.69, 9.17) is 5.73 Å². The molecule has 19 heavy (non-hydrogen) atoms. The zero-order chi connectivity index (χ0) is 13.4. The van der Waals surface area contributed by atoms with Crippen molar-refractivity contribution in [2.24, 2.45) is 5.73 Å². The fourth-order valence-corrected chi connectivity index (χ4v) is 3.64. The van der Waals surface area contributed by atoms with Gasteiger partial charge in [0.15, 0.2) is 0 Å². The van der Waals surface area contributed by atoms with Crippen LogP contribution in [0, 0.1) is 0 Å². The summed E-state index contributed by atoms with van der Waals surface area (Å²) in [7, 11) is 2.20. The van der Waals surface area contributed by atoms with Gasteiger partial charge in [0, 0.05) is 38.3 Å². The maximum absolute atomic E-state index is 6.56. The largest absolute Gasteiger partial charge is 0.323 e. The molecular weight excluding hydrogens is 234 g/mol. The average Bonchev–Trinajstić information content (AvgIpc) is 2.44. The van der Waals surface area contributed by atoms with Crippen molar-refractivity contribution in [3.8, 4) is 0 Å². The molecule has 3 rings (SSSR count). The Balaban J connectivity index is 1.82. The first-order chi connectivity index (χ1) is 9.16. The lowest BCUT2D eigenvalue weighted by atomic mass is 9.77. The molecule has 3 unspecified atom stereocenters. The van der Waals surface area contributed by atoms with Crippen LogP contribution in [-0.2, 0) is 0 Å². The van der Waals surface area contributed by atoms with Gasteiger partial charge in [-0.15, -0.1) is 0 Å². The molecule has 2 N–H and O–H groups in total. The summed E-state index contributed by atoms with van der Waals surface area (Å²) in [5.74, 6) is 0.626. The number of fused-ring (bicyclic) bond motifs is 1. The number of nitrogens with zero attached hydrogens (tertiary/aromatic N) is 2. The second-order valence-electron chi connectivity index (χ2n) is 6.20. The first-order valence-electron chi connectivity index (χ1n) is 7.44. The van der Waals surface area contributed by atoms with E-state index in [2.05, 4.69) is 48.0 Å². The van der Waals surface area contributed by atoms with Gasteiger partial charge in [0.25, 0.3) is 0 Å². The van der Waals surface area contributed by atoms with Crippen LogP contribution in [0.1, 0.15) is 36.4 Å². The van der Waals surface area contributed by atoms with E-state index in [-0.39, 0.29) is 6.04 Å². The van der Waals surface area contributed by atoms with Gasteiger partial charge in [-0.05, 0) is 30.5 Å². The number of likely N-dealkylation sites (N-methyl/N-ethyl adjacent to an activating group) is 1. The molecule has 3 heteroatoms. The van der Waals surface area contributed by atoms with Crippen LogP contribution in [0.15, 0.2) is 24.3 Å². The lowest BCUT2D eigenvalue weighted by Crippen LogP contribution is -2.53. The second kappa shape index (κ2) is 5.23. The molecule has 0 aromatic heterocycles. The van der Waals surface area contributed by atoms with E-state index in [0.29, 0.717) is 12.0 Å². The summed E-state index contributed by atoms with van der Waals surface area (Å²) in [6, 6.07) is 9.42. The number of piperazine rings is 1. The summed E-state index contributed by atoms with van der Waals surface area (Å²) in [6.45, 7) is 6.99. The molecule has 1 fully saturated rings. The van der Waals surface area contributed by atoms with Crippen molar-refractivity contribution in [2.75, 3.05) is 33.2 Å². The zero-order valence-corrected chi connectivity index (χ0v) is 12.0. The molecule has 104 valence electrons. The van der Waals surface area contributed by atoms with Gasteiger partial charge in [-0.25, -0.2) is 0 Å². The molecule has 0 bridgehead atoms. The Kier molecular flexibility index (Phi) is 3.61. The van der Waals surface area contributed by atoms with Crippen LogP contribution in [0.4, 0.5) is 0 Å². The average molecular weight is 259 g/mol. The molecule has 3 nitrogen and oxygen atoms in total. The van der Waals surface area contributed by atoms with Gasteiger partial charge in [0.05, 0.1) is 0 Å². The third kappa shape index (κ3) is 2.42. The molecule has 1 aromatic rings. The van der Waals surface area contributed by atoms with Crippen molar-refractivity contribution in [1.29, 1.82) is 0 Å². The van der Waals surface area contributed by atoms with Gasteiger partial charge in [0.1, 0.15) is 0 Å². The standard InChI is InChI=1S/C16H25N3/c1-12-11-15(19-9-7-18(2)8-10-19)16(17)14-6-4-3-5-13(12)14/h3-6,12,15-16H,7-11,17H2,1-2H3. The molecule has 1 aromatic carbocycles. The SMILES string of the molecule is CC1CC(N2CCN(C)CC2)C(N)c2ccccc21. The number of nitrogens with two attached hydrogens (primary N) is 1. The highest BCUT2D eigenvalue weighted by Crippen LogP contribution is 2.38. The molecule has 0 spiro atoms. The predicted octanol–water partition coefficient (Wildman–Crippen LogP) is 1.81. The van der Waals surface area contributed by atoms with Crippen LogP contribution in [0.25, 0.3) is 0 Å². The van der Waals surface area contributed by atoms with Crippen LogP contribution in [0.3, 0.4) is 0 Å². The lowest BCUT2D eigenvalue weighted by molar-refractivity contribution is 0.0855. The van der Waals surface area contributed by atoms with E-state index in [0.717, 1.165) is 13.1 Å². The Morgan fingerprint density at radius 2 is 1.68 bits per heavy atom. The van der Waals surface area contributed by atoms with E-state index in [1.54, 1.807) is 0 Å². The highest BCUT2D eigenvalue weighted by atomic mass is 15.3. The smallest absolute Gasteiger partial charge is 0.0456 e. The van der Waals surface area contributed by atoms with Gasteiger partial charge in [-0.3, -0.25) is 4.90 Å². The molecule has 0 radical (unpaired) electrons. The summed E-state index contributed by atoms with van der Waals surface area (Å²) < 4.78 is 0. The molecule has 3 atom stereocenters. The van der Waals surface area contributed by atoms with Gasteiger partial charge < -0.3 is 10.6 Å². The van der Waals surface area contributed by atoms with Crippen LogP contribution >= 0.6 is 0 Å². The number of hydrogen-bond acceptors (Lipinski definition) is 3. The number of hydrogen-bond donors (Lipinski definition) is 1. The van der Waals surface area contributed by atoms with Crippen molar-refractivity contribution in [2.45, 2.75) is 31.3 Å². The fourth-order valence-electron chi connectivity index (χ4n) is 3.64. The van der Waals surface area contributed by atoms with Gasteiger partial charge in [-0.1, -0.05) is 31.2 Å². The van der Waals surface area contributed by atoms with Crippen molar-refractivity contribution < 1.29 is 0 Å². The molecule has 1 heterocycles. The second-order valence-corrected chi connectivity index (χ2v) is 6.20. The Labute approximate surface area is 116 Å². The summed E-state index contributed by atoms with van der Waals surface area (Å²) in [5, 5.41) is 0. The van der Waals surface area contributed by atoms with Crippen LogP contribution in [-0.4, -0.2) is 49.1 Å². The quantitative estimate of drug-likeness (QED) is 0.835. The van der Waals surface area contributed by atoms with E-state index in [9.17, 15) is 0 Å².